The maximum Gasteiger partial charge on any atom is 0.412 e. The van der Waals surface area contributed by atoms with Gasteiger partial charge < -0.3 is 9.47 Å². The third-order valence-electron chi connectivity index (χ3n) is 8.49. The summed E-state index contributed by atoms with van der Waals surface area (Å²) in [4.78, 5) is 71.3. The van der Waals surface area contributed by atoms with Crippen molar-refractivity contribution in [2.75, 3.05) is 10.6 Å². The Hall–Kier alpha value is -7.52. The molecule has 0 atom stereocenters. The van der Waals surface area contributed by atoms with Gasteiger partial charge in [-0.15, -0.1) is 0 Å². The molecule has 2 N–H and O–H groups in total. The molecule has 2 amide bonds. The molecule has 16 heteroatoms. The molecule has 7 aromatic rings. The summed E-state index contributed by atoms with van der Waals surface area (Å²) in [6, 6.07) is 27.7. The van der Waals surface area contributed by atoms with Crippen LogP contribution >= 0.6 is 22.6 Å². The quantitative estimate of drug-likeness (QED) is 0.115. The lowest BCUT2D eigenvalue weighted by atomic mass is 10.0. The molecule has 0 saturated carbocycles. The van der Waals surface area contributed by atoms with Crippen LogP contribution in [0, 0.1) is 10.1 Å². The number of carbonyl (C=O) groups excluding carboxylic acids is 2. The predicted octanol–water partition coefficient (Wildman–Crippen LogP) is 10.1. The molecule has 0 unspecified atom stereocenters. The number of pyridine rings is 2. The number of para-hydroxylation sites is 1. The summed E-state index contributed by atoms with van der Waals surface area (Å²) in [5, 5.41) is 5.38. The molecule has 63 heavy (non-hydrogen) atoms. The molecule has 0 spiro atoms. The van der Waals surface area contributed by atoms with Gasteiger partial charge in [-0.1, -0.05) is 36.4 Å². The van der Waals surface area contributed by atoms with Crippen molar-refractivity contribution in [3.8, 4) is 45.3 Å². The van der Waals surface area contributed by atoms with Gasteiger partial charge in [-0.05, 0) is 130 Å². The van der Waals surface area contributed by atoms with Crippen LogP contribution in [0.5, 0.6) is 0 Å². The van der Waals surface area contributed by atoms with Crippen LogP contribution in [-0.4, -0.2) is 52.5 Å². The van der Waals surface area contributed by atoms with Crippen LogP contribution in [0.4, 0.5) is 26.7 Å². The first-order chi connectivity index (χ1) is 30.0. The molecule has 0 aliphatic heterocycles. The Morgan fingerprint density at radius 1 is 0.603 bits per heavy atom. The van der Waals surface area contributed by atoms with E-state index in [-0.39, 0.29) is 11.1 Å². The Kier molecular flexibility index (Phi) is 13.9. The van der Waals surface area contributed by atoms with Gasteiger partial charge in [-0.25, -0.2) is 34.4 Å². The van der Waals surface area contributed by atoms with E-state index >= 15 is 0 Å². The molecule has 0 aliphatic rings. The molecule has 3 aromatic carbocycles. The molecule has 318 valence electrons. The van der Waals surface area contributed by atoms with E-state index in [0.29, 0.717) is 60.3 Å². The molecule has 15 nitrogen and oxygen atoms in total. The summed E-state index contributed by atoms with van der Waals surface area (Å²) in [5.74, 6) is 0.961. The molecule has 0 bridgehead atoms. The van der Waals surface area contributed by atoms with Crippen LogP contribution in [-0.2, 0) is 9.47 Å². The predicted molar refractivity (Wildman–Crippen MR) is 250 cm³/mol. The molecule has 0 fully saturated rings. The number of amides is 2. The van der Waals surface area contributed by atoms with Gasteiger partial charge in [0.05, 0.1) is 21.5 Å². The van der Waals surface area contributed by atoms with Crippen LogP contribution < -0.4 is 21.8 Å². The number of aromatic nitrogens is 6. The molecule has 0 saturated heterocycles. The fourth-order valence-corrected chi connectivity index (χ4v) is 6.55. The van der Waals surface area contributed by atoms with Crippen molar-refractivity contribution < 1.29 is 19.1 Å². The highest BCUT2D eigenvalue weighted by atomic mass is 127. The number of nitrogens with zero attached hydrogens (tertiary/aromatic N) is 7. The van der Waals surface area contributed by atoms with Crippen molar-refractivity contribution in [2.24, 2.45) is 0 Å². The van der Waals surface area contributed by atoms with Crippen LogP contribution in [0.15, 0.2) is 144 Å². The van der Waals surface area contributed by atoms with Crippen LogP contribution in [0.2, 0.25) is 0 Å². The lowest BCUT2D eigenvalue weighted by Crippen LogP contribution is -2.27. The van der Waals surface area contributed by atoms with Crippen molar-refractivity contribution in [3.63, 3.8) is 0 Å². The number of anilines is 2. The fraction of sp³-hybridized carbons (Fsp3) is 0.170. The van der Waals surface area contributed by atoms with E-state index in [4.69, 9.17) is 16.0 Å². The summed E-state index contributed by atoms with van der Waals surface area (Å²) in [7, 11) is 0. The summed E-state index contributed by atoms with van der Waals surface area (Å²) >= 11 is 1.99. The van der Waals surface area contributed by atoms with E-state index in [1.165, 1.54) is 9.13 Å². The van der Waals surface area contributed by atoms with E-state index in [0.717, 1.165) is 5.56 Å². The number of halogens is 1. The standard InChI is InChI=1S/C27H23N5O3.C20H19IN4O3/c1-27(2,3)35-26(34)31-19-9-7-10-20(16-19)32-17-18(24-29-13-8-14-30-24)15-22(25(32)33)21-11-5-6-12-23(21)28-4;1-20(2,3)28-19(27)24-14-6-4-7-15(11-14)25-12-13(10-16(21)18(25)26)17-22-8-5-9-23-17/h5-17H,1-3H3,(H,31,34);4-12H,1-3H3,(H,24,27). The van der Waals surface area contributed by atoms with Gasteiger partial charge in [0.25, 0.3) is 11.1 Å². The highest BCUT2D eigenvalue weighted by Crippen LogP contribution is 2.31. The molecular weight excluding hydrogens is 913 g/mol. The zero-order chi connectivity index (χ0) is 45.3. The van der Waals surface area contributed by atoms with Crippen molar-refractivity contribution in [1.82, 2.24) is 29.1 Å². The highest BCUT2D eigenvalue weighted by molar-refractivity contribution is 14.1. The lowest BCUT2D eigenvalue weighted by Gasteiger charge is -2.20. The maximum atomic E-state index is 13.6. The van der Waals surface area contributed by atoms with Crippen molar-refractivity contribution >= 4 is 51.8 Å². The number of hydrogen-bond acceptors (Lipinski definition) is 10. The first-order valence-electron chi connectivity index (χ1n) is 19.4. The van der Waals surface area contributed by atoms with Gasteiger partial charge in [0.2, 0.25) is 0 Å². The topological polar surface area (TPSA) is 177 Å². The van der Waals surface area contributed by atoms with Gasteiger partial charge >= 0.3 is 12.2 Å². The number of ether oxygens (including phenoxy) is 2. The Morgan fingerprint density at radius 2 is 1.06 bits per heavy atom. The Bertz CT molecular complexity index is 2940. The van der Waals surface area contributed by atoms with Crippen LogP contribution in [0.3, 0.4) is 0 Å². The van der Waals surface area contributed by atoms with E-state index in [9.17, 15) is 19.2 Å². The average molecular weight is 956 g/mol. The second-order valence-electron chi connectivity index (χ2n) is 15.7. The molecular formula is C47H42IN9O6. The van der Waals surface area contributed by atoms with Gasteiger partial charge in [-0.3, -0.25) is 29.4 Å². The van der Waals surface area contributed by atoms with Gasteiger partial charge in [-0.2, -0.15) is 0 Å². The Balaban J connectivity index is 0.000000215. The lowest BCUT2D eigenvalue weighted by molar-refractivity contribution is 0.0624. The van der Waals surface area contributed by atoms with Crippen LogP contribution in [0.25, 0.3) is 50.1 Å². The second kappa shape index (κ2) is 19.5. The van der Waals surface area contributed by atoms with Crippen molar-refractivity contribution in [3.05, 3.63) is 170 Å². The summed E-state index contributed by atoms with van der Waals surface area (Å²) < 4.78 is 14.1. The number of nitrogens with one attached hydrogen (secondary N) is 2. The first-order valence-corrected chi connectivity index (χ1v) is 20.5. The third kappa shape index (κ3) is 12.1. The van der Waals surface area contributed by atoms with Crippen molar-refractivity contribution in [2.45, 2.75) is 52.7 Å². The smallest absolute Gasteiger partial charge is 0.412 e. The largest absolute Gasteiger partial charge is 0.444 e. The minimum absolute atomic E-state index is 0.172. The van der Waals surface area contributed by atoms with E-state index in [1.807, 2.05) is 22.6 Å². The minimum atomic E-state index is -0.645. The molecule has 4 aromatic heterocycles. The molecule has 7 rings (SSSR count). The Morgan fingerprint density at radius 3 is 1.54 bits per heavy atom. The molecule has 0 aliphatic carbocycles. The van der Waals surface area contributed by atoms with Crippen LogP contribution in [0.1, 0.15) is 41.5 Å². The number of rotatable bonds is 7. The van der Waals surface area contributed by atoms with Gasteiger partial charge in [0.1, 0.15) is 11.2 Å². The zero-order valence-corrected chi connectivity index (χ0v) is 37.3. The minimum Gasteiger partial charge on any atom is -0.444 e. The monoisotopic (exact) mass is 955 g/mol. The van der Waals surface area contributed by atoms with Gasteiger partial charge in [0.15, 0.2) is 17.3 Å². The van der Waals surface area contributed by atoms with E-state index in [2.05, 4.69) is 35.4 Å². The van der Waals surface area contributed by atoms with E-state index in [1.54, 1.807) is 176 Å². The van der Waals surface area contributed by atoms with Gasteiger partial charge in [0, 0.05) is 65.2 Å². The number of hydrogen-bond donors (Lipinski definition) is 2. The normalized spacial score (nSPS) is 11.0. The summed E-state index contributed by atoms with van der Waals surface area (Å²) in [6.07, 6.45) is 8.72. The number of benzene rings is 3. The van der Waals surface area contributed by atoms with E-state index < -0.39 is 23.4 Å². The first kappa shape index (κ1) is 45.0. The fourth-order valence-electron chi connectivity index (χ4n) is 5.96. The summed E-state index contributed by atoms with van der Waals surface area (Å²) in [5.41, 5.74) is 2.91. The maximum absolute atomic E-state index is 13.6. The second-order valence-corrected chi connectivity index (χ2v) is 16.9. The SMILES string of the molecule is CC(C)(C)OC(=O)Nc1cccc(-n2cc(-c3ncccn3)cc(I)c2=O)c1.[C-]#[N+]c1ccccc1-c1cc(-c2ncccn2)cn(-c2cccc(NC(=O)OC(C)(C)C)c2)c1=O. The van der Waals surface area contributed by atoms with Crippen molar-refractivity contribution in [1.29, 1.82) is 0 Å². The molecule has 0 radical (unpaired) electrons. The Labute approximate surface area is 376 Å². The average Bonchev–Trinajstić information content (AvgIpc) is 3.24. The number of carbonyl (C=O) groups is 2. The zero-order valence-electron chi connectivity index (χ0n) is 35.2. The molecule has 4 heterocycles. The third-order valence-corrected chi connectivity index (χ3v) is 9.27. The highest BCUT2D eigenvalue weighted by Gasteiger charge is 2.19. The summed E-state index contributed by atoms with van der Waals surface area (Å²) in [6.45, 7) is 18.3.